The zero-order valence-electron chi connectivity index (χ0n) is 14.2. The molecule has 0 radical (unpaired) electrons. The summed E-state index contributed by atoms with van der Waals surface area (Å²) in [6.45, 7) is 4.66. The summed E-state index contributed by atoms with van der Waals surface area (Å²) in [7, 11) is 1.35. The van der Waals surface area contributed by atoms with Gasteiger partial charge in [-0.2, -0.15) is 0 Å². The molecule has 0 aliphatic rings. The van der Waals surface area contributed by atoms with Gasteiger partial charge >= 0.3 is 12.0 Å². The van der Waals surface area contributed by atoms with Crippen molar-refractivity contribution in [2.45, 2.75) is 33.4 Å². The van der Waals surface area contributed by atoms with Gasteiger partial charge in [0.25, 0.3) is 11.5 Å². The van der Waals surface area contributed by atoms with Crippen molar-refractivity contribution in [3.05, 3.63) is 27.1 Å². The fraction of sp³-hybridized carbons (Fsp3) is 0.400. The predicted molar refractivity (Wildman–Crippen MR) is 91.5 cm³/mol. The molecule has 0 aliphatic heterocycles. The van der Waals surface area contributed by atoms with E-state index in [0.29, 0.717) is 10.2 Å². The Morgan fingerprint density at radius 3 is 2.68 bits per heavy atom. The normalized spacial score (nSPS) is 11.8. The van der Waals surface area contributed by atoms with Gasteiger partial charge in [-0.15, -0.1) is 11.3 Å². The van der Waals surface area contributed by atoms with E-state index in [4.69, 9.17) is 4.74 Å². The monoisotopic (exact) mass is 366 g/mol. The molecule has 0 spiro atoms. The standard InChI is InChI=1S/C15H18N4O5S/c1-7-9(3)25-13-11(7)14(22)19(6-17-13)5-10(20)24-8(2)12(21)18-15(23)16-4/h6,8H,5H2,1-4H3,(H2,16,18,21,23)/t8-/m0/s1. The van der Waals surface area contributed by atoms with Crippen LogP contribution in [0, 0.1) is 13.8 Å². The Morgan fingerprint density at radius 1 is 1.36 bits per heavy atom. The SMILES string of the molecule is CNC(=O)NC(=O)[C@H](C)OC(=O)Cn1cnc2sc(C)c(C)c2c1=O. The van der Waals surface area contributed by atoms with E-state index in [1.54, 1.807) is 0 Å². The molecule has 1 atom stereocenters. The number of urea groups is 1. The Balaban J connectivity index is 2.10. The Morgan fingerprint density at radius 2 is 2.04 bits per heavy atom. The van der Waals surface area contributed by atoms with Gasteiger partial charge in [-0.25, -0.2) is 9.78 Å². The first-order chi connectivity index (χ1) is 11.7. The van der Waals surface area contributed by atoms with Crippen LogP contribution in [-0.4, -0.2) is 40.6 Å². The number of carbonyl (C=O) groups is 3. The summed E-state index contributed by atoms with van der Waals surface area (Å²) >= 11 is 1.41. The Hall–Kier alpha value is -2.75. The van der Waals surface area contributed by atoms with Gasteiger partial charge in [0.15, 0.2) is 6.10 Å². The summed E-state index contributed by atoms with van der Waals surface area (Å²) in [5.41, 5.74) is 0.491. The first-order valence-corrected chi connectivity index (χ1v) is 8.23. The van der Waals surface area contributed by atoms with Gasteiger partial charge in [-0.1, -0.05) is 0 Å². The molecule has 134 valence electrons. The van der Waals surface area contributed by atoms with Gasteiger partial charge in [0.2, 0.25) is 0 Å². The van der Waals surface area contributed by atoms with E-state index >= 15 is 0 Å². The summed E-state index contributed by atoms with van der Waals surface area (Å²) in [5, 5.41) is 4.69. The molecular weight excluding hydrogens is 348 g/mol. The molecule has 10 heteroatoms. The second kappa shape index (κ2) is 7.43. The molecule has 0 bridgehead atoms. The van der Waals surface area contributed by atoms with Crippen molar-refractivity contribution in [3.63, 3.8) is 0 Å². The highest BCUT2D eigenvalue weighted by atomic mass is 32.1. The molecule has 0 saturated heterocycles. The average molecular weight is 366 g/mol. The molecule has 9 nitrogen and oxygen atoms in total. The van der Waals surface area contributed by atoms with Crippen LogP contribution in [0.4, 0.5) is 4.79 Å². The fourth-order valence-corrected chi connectivity index (χ4v) is 3.07. The summed E-state index contributed by atoms with van der Waals surface area (Å²) < 4.78 is 6.08. The van der Waals surface area contributed by atoms with Crippen LogP contribution in [0.5, 0.6) is 0 Å². The lowest BCUT2D eigenvalue weighted by Crippen LogP contribution is -2.43. The first-order valence-electron chi connectivity index (χ1n) is 7.41. The number of carbonyl (C=O) groups excluding carboxylic acids is 3. The van der Waals surface area contributed by atoms with E-state index in [0.717, 1.165) is 15.0 Å². The van der Waals surface area contributed by atoms with Crippen LogP contribution in [0.25, 0.3) is 10.2 Å². The third-order valence-electron chi connectivity index (χ3n) is 3.60. The maximum Gasteiger partial charge on any atom is 0.326 e. The number of ether oxygens (including phenoxy) is 1. The van der Waals surface area contributed by atoms with Crippen molar-refractivity contribution < 1.29 is 19.1 Å². The van der Waals surface area contributed by atoms with E-state index in [2.05, 4.69) is 10.3 Å². The first kappa shape index (κ1) is 18.6. The summed E-state index contributed by atoms with van der Waals surface area (Å²) in [4.78, 5) is 53.0. The van der Waals surface area contributed by atoms with E-state index in [9.17, 15) is 19.2 Å². The smallest absolute Gasteiger partial charge is 0.326 e. The minimum Gasteiger partial charge on any atom is -0.451 e. The quantitative estimate of drug-likeness (QED) is 0.759. The number of thiophene rings is 1. The summed E-state index contributed by atoms with van der Waals surface area (Å²) in [5.74, 6) is -1.55. The third kappa shape index (κ3) is 4.02. The second-order valence-electron chi connectivity index (χ2n) is 5.34. The van der Waals surface area contributed by atoms with Crippen LogP contribution in [0.3, 0.4) is 0 Å². The maximum absolute atomic E-state index is 12.5. The molecule has 2 N–H and O–H groups in total. The van der Waals surface area contributed by atoms with Gasteiger partial charge in [-0.3, -0.25) is 24.3 Å². The van der Waals surface area contributed by atoms with E-state index in [-0.39, 0.29) is 12.1 Å². The number of fused-ring (bicyclic) bond motifs is 1. The van der Waals surface area contributed by atoms with Crippen LogP contribution >= 0.6 is 11.3 Å². The molecule has 3 amide bonds. The fourth-order valence-electron chi connectivity index (χ4n) is 2.09. The van der Waals surface area contributed by atoms with Crippen LogP contribution in [0.2, 0.25) is 0 Å². The lowest BCUT2D eigenvalue weighted by molar-refractivity contribution is -0.155. The lowest BCUT2D eigenvalue weighted by Gasteiger charge is -2.13. The Labute approximate surface area is 147 Å². The number of amides is 3. The molecule has 2 aromatic heterocycles. The summed E-state index contributed by atoms with van der Waals surface area (Å²) in [6, 6.07) is -0.706. The zero-order valence-corrected chi connectivity index (χ0v) is 15.0. The second-order valence-corrected chi connectivity index (χ2v) is 6.54. The number of nitrogens with zero attached hydrogens (tertiary/aromatic N) is 2. The van der Waals surface area contributed by atoms with Crippen molar-refractivity contribution >= 4 is 39.5 Å². The third-order valence-corrected chi connectivity index (χ3v) is 4.71. The highest BCUT2D eigenvalue weighted by Crippen LogP contribution is 2.25. The van der Waals surface area contributed by atoms with Crippen LogP contribution < -0.4 is 16.2 Å². The van der Waals surface area contributed by atoms with Gasteiger partial charge in [0.05, 0.1) is 11.7 Å². The number of aromatic nitrogens is 2. The van der Waals surface area contributed by atoms with Gasteiger partial charge in [0, 0.05) is 11.9 Å². The van der Waals surface area contributed by atoms with Crippen LogP contribution in [-0.2, 0) is 20.9 Å². The predicted octanol–water partition coefficient (Wildman–Crippen LogP) is 0.462. The van der Waals surface area contributed by atoms with Crippen LogP contribution in [0.1, 0.15) is 17.4 Å². The molecule has 2 rings (SSSR count). The molecule has 0 aromatic carbocycles. The topological polar surface area (TPSA) is 119 Å². The van der Waals surface area contributed by atoms with Gasteiger partial charge in [-0.05, 0) is 26.3 Å². The molecule has 2 aromatic rings. The molecule has 2 heterocycles. The number of aryl methyl sites for hydroxylation is 2. The molecule has 0 unspecified atom stereocenters. The average Bonchev–Trinajstić information content (AvgIpc) is 2.85. The Bertz CT molecular complexity index is 901. The zero-order chi connectivity index (χ0) is 18.7. The molecule has 0 fully saturated rings. The Kier molecular flexibility index (Phi) is 5.52. The van der Waals surface area contributed by atoms with Crippen molar-refractivity contribution in [2.24, 2.45) is 0 Å². The number of esters is 1. The minimum absolute atomic E-state index is 0.341. The minimum atomic E-state index is -1.18. The van der Waals surface area contributed by atoms with Gasteiger partial charge in [0.1, 0.15) is 11.4 Å². The number of rotatable bonds is 4. The molecule has 25 heavy (non-hydrogen) atoms. The number of nitrogens with one attached hydrogen (secondary N) is 2. The van der Waals surface area contributed by atoms with E-state index in [1.165, 1.54) is 31.6 Å². The summed E-state index contributed by atoms with van der Waals surface area (Å²) in [6.07, 6.45) is 0.0960. The van der Waals surface area contributed by atoms with Crippen molar-refractivity contribution in [2.75, 3.05) is 7.05 Å². The number of hydrogen-bond donors (Lipinski definition) is 2. The lowest BCUT2D eigenvalue weighted by atomic mass is 10.2. The highest BCUT2D eigenvalue weighted by Gasteiger charge is 2.20. The molecule has 0 saturated carbocycles. The maximum atomic E-state index is 12.5. The van der Waals surface area contributed by atoms with Crippen molar-refractivity contribution in [3.8, 4) is 0 Å². The molecular formula is C15H18N4O5S. The van der Waals surface area contributed by atoms with E-state index in [1.807, 2.05) is 19.2 Å². The van der Waals surface area contributed by atoms with Gasteiger partial charge < -0.3 is 10.1 Å². The highest BCUT2D eigenvalue weighted by molar-refractivity contribution is 7.18. The van der Waals surface area contributed by atoms with E-state index < -0.39 is 24.0 Å². The number of imide groups is 1. The van der Waals surface area contributed by atoms with Crippen molar-refractivity contribution in [1.82, 2.24) is 20.2 Å². The van der Waals surface area contributed by atoms with Crippen molar-refractivity contribution in [1.29, 1.82) is 0 Å². The number of hydrogen-bond acceptors (Lipinski definition) is 7. The molecule has 0 aliphatic carbocycles. The largest absolute Gasteiger partial charge is 0.451 e. The van der Waals surface area contributed by atoms with Crippen LogP contribution in [0.15, 0.2) is 11.1 Å².